The molecule has 0 aliphatic carbocycles. The minimum Gasteiger partial charge on any atom is -0.497 e. The van der Waals surface area contributed by atoms with Crippen LogP contribution in [0.5, 0.6) is 11.5 Å². The molecule has 6 heteroatoms. The molecule has 1 unspecified atom stereocenters. The number of hydrogen-bond acceptors (Lipinski definition) is 6. The number of nitrogens with one attached hydrogen (secondary N) is 1. The van der Waals surface area contributed by atoms with Crippen molar-refractivity contribution in [3.63, 3.8) is 0 Å². The van der Waals surface area contributed by atoms with Crippen molar-refractivity contribution in [2.75, 3.05) is 47.1 Å². The molecule has 0 bridgehead atoms. The molecule has 0 radical (unpaired) electrons. The lowest BCUT2D eigenvalue weighted by Gasteiger charge is -2.31. The molecule has 1 fully saturated rings. The molecule has 20 heavy (non-hydrogen) atoms. The summed E-state index contributed by atoms with van der Waals surface area (Å²) in [4.78, 5) is 0. The van der Waals surface area contributed by atoms with Crippen LogP contribution in [0.25, 0.3) is 0 Å². The first-order chi connectivity index (χ1) is 9.76. The minimum absolute atomic E-state index is 0.0251. The predicted octanol–water partition coefficient (Wildman–Crippen LogP) is 0.540. The summed E-state index contributed by atoms with van der Waals surface area (Å²) in [6, 6.07) is 5.84. The van der Waals surface area contributed by atoms with Crippen LogP contribution in [0.2, 0.25) is 0 Å². The van der Waals surface area contributed by atoms with Gasteiger partial charge in [-0.05, 0) is 17.7 Å². The van der Waals surface area contributed by atoms with Crippen molar-refractivity contribution in [3.05, 3.63) is 23.8 Å². The van der Waals surface area contributed by atoms with Crippen LogP contribution in [0.1, 0.15) is 11.6 Å². The zero-order valence-electron chi connectivity index (χ0n) is 12.1. The van der Waals surface area contributed by atoms with Crippen molar-refractivity contribution < 1.29 is 14.2 Å². The Morgan fingerprint density at radius 3 is 2.30 bits per heavy atom. The molecule has 1 aromatic carbocycles. The van der Waals surface area contributed by atoms with E-state index in [0.717, 1.165) is 43.4 Å². The Bertz CT molecular complexity index is 400. The molecule has 112 valence electrons. The van der Waals surface area contributed by atoms with Gasteiger partial charge in [0.05, 0.1) is 33.5 Å². The lowest BCUT2D eigenvalue weighted by Crippen LogP contribution is -2.48. The van der Waals surface area contributed by atoms with Crippen molar-refractivity contribution in [2.45, 2.75) is 6.04 Å². The average molecular weight is 281 g/mol. The number of nitrogens with zero attached hydrogens (tertiary/aromatic N) is 1. The number of hydrogen-bond donors (Lipinski definition) is 2. The summed E-state index contributed by atoms with van der Waals surface area (Å²) in [5.74, 6) is 1.53. The molecular weight excluding hydrogens is 258 g/mol. The topological polar surface area (TPSA) is 69.0 Å². The molecule has 1 heterocycles. The largest absolute Gasteiger partial charge is 0.497 e. The highest BCUT2D eigenvalue weighted by Gasteiger charge is 2.17. The Hall–Kier alpha value is -1.34. The maximum atomic E-state index is 5.90. The summed E-state index contributed by atoms with van der Waals surface area (Å²) in [6.07, 6.45) is 0. The van der Waals surface area contributed by atoms with Crippen LogP contribution in [-0.4, -0.2) is 52.1 Å². The van der Waals surface area contributed by atoms with Crippen molar-refractivity contribution in [3.8, 4) is 11.5 Å². The molecule has 1 atom stereocenters. The average Bonchev–Trinajstić information content (AvgIpc) is 2.53. The van der Waals surface area contributed by atoms with Crippen LogP contribution in [0.15, 0.2) is 18.2 Å². The number of rotatable bonds is 6. The third kappa shape index (κ3) is 3.83. The maximum Gasteiger partial charge on any atom is 0.122 e. The molecule has 1 aliphatic rings. The monoisotopic (exact) mass is 281 g/mol. The first-order valence-corrected chi connectivity index (χ1v) is 6.78. The van der Waals surface area contributed by atoms with Crippen LogP contribution < -0.4 is 20.6 Å². The quantitative estimate of drug-likeness (QED) is 0.793. The van der Waals surface area contributed by atoms with Gasteiger partial charge in [0, 0.05) is 25.7 Å². The normalized spacial score (nSPS) is 17.8. The van der Waals surface area contributed by atoms with Gasteiger partial charge in [0.1, 0.15) is 11.5 Å². The van der Waals surface area contributed by atoms with E-state index in [2.05, 4.69) is 10.4 Å². The first-order valence-electron chi connectivity index (χ1n) is 6.78. The maximum absolute atomic E-state index is 5.90. The van der Waals surface area contributed by atoms with Crippen LogP contribution in [0, 0.1) is 0 Å². The molecule has 0 aromatic heterocycles. The molecule has 0 spiro atoms. The van der Waals surface area contributed by atoms with Gasteiger partial charge in [-0.3, -0.25) is 0 Å². The number of hydrazine groups is 1. The van der Waals surface area contributed by atoms with E-state index in [0.29, 0.717) is 6.54 Å². The van der Waals surface area contributed by atoms with Crippen LogP contribution >= 0.6 is 0 Å². The van der Waals surface area contributed by atoms with Gasteiger partial charge in [0.2, 0.25) is 0 Å². The van der Waals surface area contributed by atoms with E-state index < -0.39 is 0 Å². The summed E-state index contributed by atoms with van der Waals surface area (Å²) in [5, 5.41) is 2.15. The third-order valence-electron chi connectivity index (χ3n) is 3.36. The van der Waals surface area contributed by atoms with E-state index in [1.807, 2.05) is 18.2 Å². The molecule has 0 saturated carbocycles. The molecule has 6 nitrogen and oxygen atoms in total. The Labute approximate surface area is 119 Å². The van der Waals surface area contributed by atoms with Gasteiger partial charge in [0.15, 0.2) is 0 Å². The van der Waals surface area contributed by atoms with Crippen molar-refractivity contribution in [2.24, 2.45) is 5.73 Å². The number of benzene rings is 1. The number of morpholine rings is 1. The fraction of sp³-hybridized carbons (Fsp3) is 0.571. The van der Waals surface area contributed by atoms with Crippen LogP contribution in [0.4, 0.5) is 0 Å². The summed E-state index contributed by atoms with van der Waals surface area (Å²) >= 11 is 0. The van der Waals surface area contributed by atoms with Gasteiger partial charge in [0.25, 0.3) is 0 Å². The zero-order valence-corrected chi connectivity index (χ0v) is 12.1. The van der Waals surface area contributed by atoms with Gasteiger partial charge < -0.3 is 19.9 Å². The highest BCUT2D eigenvalue weighted by Crippen LogP contribution is 2.26. The standard InChI is InChI=1S/C14H23N3O3/c1-18-12-7-11(8-13(9-12)19-2)14(10-15)16-17-3-5-20-6-4-17/h7-9,14,16H,3-6,10,15H2,1-2H3. The summed E-state index contributed by atoms with van der Waals surface area (Å²) in [6.45, 7) is 3.69. The number of ether oxygens (including phenoxy) is 3. The van der Waals surface area contributed by atoms with Crippen LogP contribution in [0.3, 0.4) is 0 Å². The molecule has 0 amide bonds. The highest BCUT2D eigenvalue weighted by molar-refractivity contribution is 5.39. The zero-order chi connectivity index (χ0) is 14.4. The number of nitrogens with two attached hydrogens (primary N) is 1. The SMILES string of the molecule is COc1cc(OC)cc(C(CN)NN2CCOCC2)c1. The van der Waals surface area contributed by atoms with Crippen molar-refractivity contribution >= 4 is 0 Å². The highest BCUT2D eigenvalue weighted by atomic mass is 16.5. The first kappa shape index (κ1) is 15.1. The molecular formula is C14H23N3O3. The van der Waals surface area contributed by atoms with Gasteiger partial charge in [-0.25, -0.2) is 10.4 Å². The van der Waals surface area contributed by atoms with Gasteiger partial charge in [-0.2, -0.15) is 0 Å². The predicted molar refractivity (Wildman–Crippen MR) is 76.9 cm³/mol. The van der Waals surface area contributed by atoms with E-state index in [-0.39, 0.29) is 6.04 Å². The Balaban J connectivity index is 2.12. The van der Waals surface area contributed by atoms with E-state index in [1.165, 1.54) is 0 Å². The minimum atomic E-state index is 0.0251. The second-order valence-electron chi connectivity index (χ2n) is 4.66. The Kier molecular flexibility index (Phi) is 5.60. The molecule has 2 rings (SSSR count). The van der Waals surface area contributed by atoms with Crippen molar-refractivity contribution in [1.82, 2.24) is 10.4 Å². The fourth-order valence-corrected chi connectivity index (χ4v) is 2.21. The molecule has 1 saturated heterocycles. The molecule has 1 aliphatic heterocycles. The Morgan fingerprint density at radius 1 is 1.20 bits per heavy atom. The van der Waals surface area contributed by atoms with Gasteiger partial charge in [-0.15, -0.1) is 0 Å². The fourth-order valence-electron chi connectivity index (χ4n) is 2.21. The summed E-state index contributed by atoms with van der Waals surface area (Å²) in [5.41, 5.74) is 10.4. The van der Waals surface area contributed by atoms with Crippen molar-refractivity contribution in [1.29, 1.82) is 0 Å². The van der Waals surface area contributed by atoms with E-state index in [1.54, 1.807) is 14.2 Å². The lowest BCUT2D eigenvalue weighted by atomic mass is 10.1. The third-order valence-corrected chi connectivity index (χ3v) is 3.36. The number of methoxy groups -OCH3 is 2. The molecule has 1 aromatic rings. The second kappa shape index (κ2) is 7.44. The summed E-state index contributed by atoms with van der Waals surface area (Å²) < 4.78 is 15.9. The van der Waals surface area contributed by atoms with Gasteiger partial charge in [-0.1, -0.05) is 0 Å². The van der Waals surface area contributed by atoms with E-state index in [4.69, 9.17) is 19.9 Å². The lowest BCUT2D eigenvalue weighted by molar-refractivity contribution is 0.00402. The molecule has 3 N–H and O–H groups in total. The Morgan fingerprint density at radius 2 is 1.80 bits per heavy atom. The van der Waals surface area contributed by atoms with Crippen LogP contribution in [-0.2, 0) is 4.74 Å². The second-order valence-corrected chi connectivity index (χ2v) is 4.66. The van der Waals surface area contributed by atoms with E-state index in [9.17, 15) is 0 Å². The van der Waals surface area contributed by atoms with Gasteiger partial charge >= 0.3 is 0 Å². The smallest absolute Gasteiger partial charge is 0.122 e. The summed E-state index contributed by atoms with van der Waals surface area (Å²) in [7, 11) is 3.29. The van der Waals surface area contributed by atoms with E-state index >= 15 is 0 Å².